The van der Waals surface area contributed by atoms with E-state index in [1.54, 1.807) is 20.0 Å². The van der Waals surface area contributed by atoms with Gasteiger partial charge in [0, 0.05) is 0 Å². The predicted molar refractivity (Wildman–Crippen MR) is 233 cm³/mol. The van der Waals surface area contributed by atoms with Gasteiger partial charge in [-0.3, -0.25) is 0 Å². The molecule has 0 fully saturated rings. The molecule has 0 atom stereocenters. The van der Waals surface area contributed by atoms with E-state index >= 15 is 0 Å². The van der Waals surface area contributed by atoms with Crippen LogP contribution >= 0.6 is 0 Å². The molecule has 0 nitrogen and oxygen atoms in total. The molecule has 0 N–H and O–H groups in total. The summed E-state index contributed by atoms with van der Waals surface area (Å²) in [4.78, 5) is 0. The molecule has 264 valence electrons. The van der Waals surface area contributed by atoms with Crippen molar-refractivity contribution in [2.75, 3.05) is 0 Å². The van der Waals surface area contributed by atoms with Crippen LogP contribution in [-0.2, 0) is 6.42 Å². The second kappa shape index (κ2) is 15.3. The maximum absolute atomic E-state index is 2.50. The zero-order valence-corrected chi connectivity index (χ0v) is 34.6. The zero-order chi connectivity index (χ0) is 36.5. The molecule has 2 heterocycles. The van der Waals surface area contributed by atoms with Gasteiger partial charge in [0.1, 0.15) is 0 Å². The normalized spacial score (nSPS) is 19.4. The Labute approximate surface area is 333 Å². The summed E-state index contributed by atoms with van der Waals surface area (Å²) in [6.07, 6.45) is 21.6. The number of benzene rings is 4. The van der Waals surface area contributed by atoms with Gasteiger partial charge in [0.2, 0.25) is 0 Å². The van der Waals surface area contributed by atoms with Crippen LogP contribution in [0.15, 0.2) is 191 Å². The Morgan fingerprint density at radius 1 is 0.611 bits per heavy atom. The van der Waals surface area contributed by atoms with Crippen LogP contribution in [-0.4, -0.2) is 29.5 Å². The molecule has 0 radical (unpaired) electrons. The molecule has 1 aromatic heterocycles. The molecule has 5 aromatic rings. The summed E-state index contributed by atoms with van der Waals surface area (Å²) >= 11 is 0.566. The molecule has 0 saturated carbocycles. The Morgan fingerprint density at radius 3 is 1.96 bits per heavy atom. The van der Waals surface area contributed by atoms with Gasteiger partial charge in [0.25, 0.3) is 0 Å². The number of hydrogen-bond acceptors (Lipinski definition) is 0. The van der Waals surface area contributed by atoms with Gasteiger partial charge in [0.05, 0.1) is 0 Å². The van der Waals surface area contributed by atoms with Crippen LogP contribution in [0.1, 0.15) is 67.1 Å². The van der Waals surface area contributed by atoms with Gasteiger partial charge in [-0.15, -0.1) is 0 Å². The molecule has 54 heavy (non-hydrogen) atoms. The SMILES string of the molecule is CC1(C)CC(/C=C/C2=C3[Se]C(c4ccccc4)=CC(c4ccccc4)=C3CC2)=CC(=C/C=C2\CCc3c(-c4ccccc4)cc(-c4ccccc4)[se+]c32)/C1. The molecule has 2 heteroatoms. The molecule has 0 saturated heterocycles. The van der Waals surface area contributed by atoms with Gasteiger partial charge in [0.15, 0.2) is 0 Å². The minimum atomic E-state index is 0.224. The van der Waals surface area contributed by atoms with Crippen molar-refractivity contribution in [3.05, 3.63) is 212 Å². The Kier molecular flexibility index (Phi) is 9.96. The third-order valence-corrected chi connectivity index (χ3v) is 16.5. The number of fused-ring (bicyclic) bond motifs is 2. The molecule has 0 unspecified atom stereocenters. The Balaban J connectivity index is 1.05. The fraction of sp³-hybridized carbons (Fsp3) is 0.173. The minimum absolute atomic E-state index is 0.224. The molecule has 9 rings (SSSR count). The van der Waals surface area contributed by atoms with Crippen LogP contribution in [0, 0.1) is 5.41 Å². The maximum atomic E-state index is 2.50. The summed E-state index contributed by atoms with van der Waals surface area (Å²) in [5.41, 5.74) is 17.6. The van der Waals surface area contributed by atoms with Crippen molar-refractivity contribution >= 4 is 45.1 Å². The number of hydrogen-bond donors (Lipinski definition) is 0. The van der Waals surface area contributed by atoms with Crippen LogP contribution in [0.2, 0.25) is 0 Å². The van der Waals surface area contributed by atoms with E-state index in [1.165, 1.54) is 64.6 Å². The third-order valence-electron chi connectivity index (χ3n) is 11.1. The van der Waals surface area contributed by atoms with Gasteiger partial charge in [-0.25, -0.2) is 0 Å². The van der Waals surface area contributed by atoms with Crippen molar-refractivity contribution in [1.82, 2.24) is 0 Å². The molecular weight excluding hydrogens is 782 g/mol. The van der Waals surface area contributed by atoms with Gasteiger partial charge >= 0.3 is 336 Å². The van der Waals surface area contributed by atoms with E-state index in [-0.39, 0.29) is 34.9 Å². The topological polar surface area (TPSA) is 0 Å². The quantitative estimate of drug-likeness (QED) is 0.143. The molecule has 0 spiro atoms. The molecule has 4 aromatic carbocycles. The molecule has 1 aliphatic heterocycles. The molecule has 0 bridgehead atoms. The first-order chi connectivity index (χ1) is 26.5. The van der Waals surface area contributed by atoms with Crippen LogP contribution in [0.5, 0.6) is 0 Å². The van der Waals surface area contributed by atoms with E-state index in [9.17, 15) is 0 Å². The first kappa shape index (κ1) is 35.2. The zero-order valence-electron chi connectivity index (χ0n) is 31.1. The van der Waals surface area contributed by atoms with Gasteiger partial charge in [-0.2, -0.15) is 0 Å². The summed E-state index contributed by atoms with van der Waals surface area (Å²) in [7, 11) is 0. The summed E-state index contributed by atoms with van der Waals surface area (Å²) < 4.78 is 6.17. The van der Waals surface area contributed by atoms with Crippen LogP contribution in [0.25, 0.3) is 36.7 Å². The van der Waals surface area contributed by atoms with E-state index < -0.39 is 0 Å². The standard InChI is InChI=1S/C52H45Se2/c1-52(2)34-36(23-25-42-27-29-44-46(38-15-7-3-8-16-38)32-48(53-50(42)44)40-19-11-5-12-20-40)31-37(35-52)24-26-43-28-30-45-47(39-17-9-4-10-18-39)33-49(54-51(43)45)41-21-13-6-14-22-41/h3-26,31-33H,27-30,34-35H2,1-2H3/q+1. The summed E-state index contributed by atoms with van der Waals surface area (Å²) in [6.45, 7) is 4.89. The average Bonchev–Trinajstić information content (AvgIpc) is 3.83. The summed E-state index contributed by atoms with van der Waals surface area (Å²) in [5.74, 6) is 0. The predicted octanol–water partition coefficient (Wildman–Crippen LogP) is 13.2. The second-order valence-electron chi connectivity index (χ2n) is 15.7. The van der Waals surface area contributed by atoms with Crippen LogP contribution < -0.4 is 0 Å². The van der Waals surface area contributed by atoms with E-state index in [2.05, 4.69) is 178 Å². The average molecular weight is 828 g/mol. The third kappa shape index (κ3) is 7.42. The van der Waals surface area contributed by atoms with Crippen molar-refractivity contribution < 1.29 is 0 Å². The van der Waals surface area contributed by atoms with Gasteiger partial charge in [-0.1, -0.05) is 0 Å². The summed E-state index contributed by atoms with van der Waals surface area (Å²) in [6, 6.07) is 46.6. The van der Waals surface area contributed by atoms with Crippen molar-refractivity contribution in [3.63, 3.8) is 0 Å². The molecular formula is C52H45Se2+. The fourth-order valence-corrected chi connectivity index (χ4v) is 13.9. The Morgan fingerprint density at radius 2 is 1.26 bits per heavy atom. The van der Waals surface area contributed by atoms with E-state index in [4.69, 9.17) is 0 Å². The first-order valence-electron chi connectivity index (χ1n) is 19.3. The van der Waals surface area contributed by atoms with Crippen LogP contribution in [0.3, 0.4) is 0 Å². The van der Waals surface area contributed by atoms with Crippen molar-refractivity contribution in [2.24, 2.45) is 5.41 Å². The van der Waals surface area contributed by atoms with E-state index in [0.717, 1.165) is 38.5 Å². The number of rotatable bonds is 7. The van der Waals surface area contributed by atoms with Crippen molar-refractivity contribution in [3.8, 4) is 21.1 Å². The Hall–Kier alpha value is -4.55. The first-order valence-corrected chi connectivity index (χ1v) is 22.8. The van der Waals surface area contributed by atoms with E-state index in [0.29, 0.717) is 0 Å². The molecule has 3 aliphatic carbocycles. The molecule has 0 amide bonds. The second-order valence-corrected chi connectivity index (χ2v) is 20.1. The van der Waals surface area contributed by atoms with Gasteiger partial charge in [-0.05, 0) is 0 Å². The fourth-order valence-electron chi connectivity index (χ4n) is 8.54. The number of allylic oxidation sites excluding steroid dienone is 13. The molecule has 4 aliphatic rings. The summed E-state index contributed by atoms with van der Waals surface area (Å²) in [5, 5.41) is 0. The van der Waals surface area contributed by atoms with Crippen LogP contribution in [0.4, 0.5) is 0 Å². The monoisotopic (exact) mass is 829 g/mol. The van der Waals surface area contributed by atoms with E-state index in [1.807, 2.05) is 0 Å². The Bertz CT molecular complexity index is 2430. The van der Waals surface area contributed by atoms with Crippen molar-refractivity contribution in [1.29, 1.82) is 0 Å². The van der Waals surface area contributed by atoms with Gasteiger partial charge < -0.3 is 0 Å². The van der Waals surface area contributed by atoms with Crippen molar-refractivity contribution in [2.45, 2.75) is 52.4 Å².